The molecule has 0 saturated heterocycles. The van der Waals surface area contributed by atoms with E-state index in [1.54, 1.807) is 34.6 Å². The summed E-state index contributed by atoms with van der Waals surface area (Å²) < 4.78 is 3.24. The lowest BCUT2D eigenvalue weighted by atomic mass is 10.3. The molecule has 1 saturated carbocycles. The van der Waals surface area contributed by atoms with Crippen LogP contribution in [-0.2, 0) is 6.54 Å². The molecule has 0 atom stereocenters. The average molecular weight is 356 g/mol. The van der Waals surface area contributed by atoms with Crippen molar-refractivity contribution in [2.75, 3.05) is 24.3 Å². The molecule has 0 aromatic carbocycles. The minimum absolute atomic E-state index is 0.0152. The zero-order valence-corrected chi connectivity index (χ0v) is 14.3. The Kier molecular flexibility index (Phi) is 4.17. The molecule has 0 aliphatic heterocycles. The van der Waals surface area contributed by atoms with Crippen molar-refractivity contribution in [3.63, 3.8) is 0 Å². The van der Waals surface area contributed by atoms with E-state index >= 15 is 0 Å². The van der Waals surface area contributed by atoms with Crippen molar-refractivity contribution in [2.45, 2.75) is 25.4 Å². The molecule has 26 heavy (non-hydrogen) atoms. The molecule has 3 aromatic heterocycles. The Balaban J connectivity index is 1.70. The van der Waals surface area contributed by atoms with Gasteiger partial charge in [-0.3, -0.25) is 4.79 Å². The van der Waals surface area contributed by atoms with Crippen molar-refractivity contribution in [2.24, 2.45) is 0 Å². The Morgan fingerprint density at radius 2 is 2.19 bits per heavy atom. The summed E-state index contributed by atoms with van der Waals surface area (Å²) >= 11 is 0. The van der Waals surface area contributed by atoms with Crippen molar-refractivity contribution in [3.05, 3.63) is 30.1 Å². The van der Waals surface area contributed by atoms with E-state index in [4.69, 9.17) is 5.11 Å². The van der Waals surface area contributed by atoms with E-state index in [2.05, 4.69) is 31.1 Å². The van der Waals surface area contributed by atoms with E-state index in [0.29, 0.717) is 35.2 Å². The normalized spacial score (nSPS) is 13.8. The lowest BCUT2D eigenvalue weighted by molar-refractivity contribution is 0.0952. The van der Waals surface area contributed by atoms with Crippen LogP contribution in [0.1, 0.15) is 23.2 Å². The number of nitrogens with one attached hydrogen (secondary N) is 3. The van der Waals surface area contributed by atoms with E-state index in [1.165, 1.54) is 6.20 Å². The number of rotatable bonds is 7. The fraction of sp³-hybridized carbons (Fsp3) is 0.375. The Morgan fingerprint density at radius 1 is 1.35 bits per heavy atom. The van der Waals surface area contributed by atoms with Gasteiger partial charge in [-0.2, -0.15) is 14.7 Å². The number of aliphatic hydroxyl groups is 1. The van der Waals surface area contributed by atoms with Gasteiger partial charge < -0.3 is 21.1 Å². The van der Waals surface area contributed by atoms with Gasteiger partial charge in [0.25, 0.3) is 5.91 Å². The van der Waals surface area contributed by atoms with E-state index in [1.807, 2.05) is 0 Å². The highest BCUT2D eigenvalue weighted by Crippen LogP contribution is 2.23. The van der Waals surface area contributed by atoms with Gasteiger partial charge in [-0.15, -0.1) is 0 Å². The minimum Gasteiger partial charge on any atom is -0.394 e. The Morgan fingerprint density at radius 3 is 2.92 bits per heavy atom. The number of hydrogen-bond acceptors (Lipinski definition) is 7. The first-order valence-electron chi connectivity index (χ1n) is 8.46. The fourth-order valence-corrected chi connectivity index (χ4v) is 2.70. The summed E-state index contributed by atoms with van der Waals surface area (Å²) in [7, 11) is 1.78. The van der Waals surface area contributed by atoms with Crippen LogP contribution in [0.3, 0.4) is 0 Å². The summed E-state index contributed by atoms with van der Waals surface area (Å²) in [5.74, 6) is 1.76. The van der Waals surface area contributed by atoms with Crippen LogP contribution in [0.25, 0.3) is 5.65 Å². The summed E-state index contributed by atoms with van der Waals surface area (Å²) in [5.41, 5.74) is 0.895. The average Bonchev–Trinajstić information content (AvgIpc) is 3.17. The summed E-state index contributed by atoms with van der Waals surface area (Å²) in [6, 6.07) is 3.84. The molecular formula is C16H20N8O2. The van der Waals surface area contributed by atoms with Crippen molar-refractivity contribution in [3.8, 4) is 0 Å². The first-order chi connectivity index (χ1) is 12.7. The second-order valence-corrected chi connectivity index (χ2v) is 6.11. The third-order valence-corrected chi connectivity index (χ3v) is 4.17. The van der Waals surface area contributed by atoms with Gasteiger partial charge in [-0.25, -0.2) is 9.67 Å². The summed E-state index contributed by atoms with van der Waals surface area (Å²) in [4.78, 5) is 17.0. The largest absolute Gasteiger partial charge is 0.394 e. The van der Waals surface area contributed by atoms with Gasteiger partial charge in [-0.05, 0) is 12.8 Å². The summed E-state index contributed by atoms with van der Waals surface area (Å²) in [5, 5.41) is 26.8. The SMILES string of the molecule is CNc1cc(Nc2ccnn2CCO)nc2c(C(=O)NC3CC3)cnn12. The topological polar surface area (TPSA) is 121 Å². The molecule has 0 spiro atoms. The van der Waals surface area contributed by atoms with E-state index in [9.17, 15) is 4.79 Å². The molecule has 10 heteroatoms. The number of anilines is 3. The molecule has 0 unspecified atom stereocenters. The highest BCUT2D eigenvalue weighted by molar-refractivity contribution is 6.00. The lowest BCUT2D eigenvalue weighted by Gasteiger charge is -2.11. The van der Waals surface area contributed by atoms with Crippen LogP contribution in [0.4, 0.5) is 17.5 Å². The molecule has 1 amide bonds. The van der Waals surface area contributed by atoms with Crippen LogP contribution in [0.15, 0.2) is 24.5 Å². The number of carbonyl (C=O) groups excluding carboxylic acids is 1. The molecule has 4 rings (SSSR count). The minimum atomic E-state index is -0.167. The van der Waals surface area contributed by atoms with Crippen LogP contribution in [0.2, 0.25) is 0 Å². The third kappa shape index (κ3) is 3.06. The van der Waals surface area contributed by atoms with Gasteiger partial charge >= 0.3 is 0 Å². The molecule has 3 aromatic rings. The lowest BCUT2D eigenvalue weighted by Crippen LogP contribution is -2.25. The fourth-order valence-electron chi connectivity index (χ4n) is 2.70. The summed E-state index contributed by atoms with van der Waals surface area (Å²) in [6.45, 7) is 0.358. The van der Waals surface area contributed by atoms with Gasteiger partial charge in [0.05, 0.1) is 25.5 Å². The molecule has 3 heterocycles. The monoisotopic (exact) mass is 356 g/mol. The second-order valence-electron chi connectivity index (χ2n) is 6.11. The molecule has 10 nitrogen and oxygen atoms in total. The van der Waals surface area contributed by atoms with Gasteiger partial charge in [0.1, 0.15) is 23.0 Å². The Bertz CT molecular complexity index is 943. The van der Waals surface area contributed by atoms with Crippen LogP contribution >= 0.6 is 0 Å². The van der Waals surface area contributed by atoms with E-state index < -0.39 is 0 Å². The van der Waals surface area contributed by atoms with Crippen molar-refractivity contribution in [1.29, 1.82) is 0 Å². The highest BCUT2D eigenvalue weighted by Gasteiger charge is 2.26. The molecule has 0 radical (unpaired) electrons. The number of carbonyl (C=O) groups is 1. The maximum absolute atomic E-state index is 12.5. The summed E-state index contributed by atoms with van der Waals surface area (Å²) in [6.07, 6.45) is 5.20. The van der Waals surface area contributed by atoms with Crippen molar-refractivity contribution < 1.29 is 9.90 Å². The third-order valence-electron chi connectivity index (χ3n) is 4.17. The van der Waals surface area contributed by atoms with Crippen LogP contribution in [0.5, 0.6) is 0 Å². The second kappa shape index (κ2) is 6.64. The van der Waals surface area contributed by atoms with Gasteiger partial charge in [0.15, 0.2) is 5.65 Å². The zero-order chi connectivity index (χ0) is 18.1. The maximum atomic E-state index is 12.5. The Labute approximate surface area is 149 Å². The van der Waals surface area contributed by atoms with Crippen molar-refractivity contribution >= 4 is 29.0 Å². The number of fused-ring (bicyclic) bond motifs is 1. The number of hydrogen-bond donors (Lipinski definition) is 4. The van der Waals surface area contributed by atoms with E-state index in [-0.39, 0.29) is 18.6 Å². The zero-order valence-electron chi connectivity index (χ0n) is 14.3. The molecule has 1 aliphatic carbocycles. The molecular weight excluding hydrogens is 336 g/mol. The number of amides is 1. The smallest absolute Gasteiger partial charge is 0.256 e. The van der Waals surface area contributed by atoms with Crippen LogP contribution < -0.4 is 16.0 Å². The number of nitrogens with zero attached hydrogens (tertiary/aromatic N) is 5. The molecule has 0 bridgehead atoms. The standard InChI is InChI=1S/C16H20N8O2/c1-17-14-8-12(21-13-4-5-18-23(13)6-7-25)22-15-11(9-19-24(14)15)16(26)20-10-2-3-10/h4-5,8-10,17,25H,2-3,6-7H2,1H3,(H,20,26)(H,21,22). The molecule has 136 valence electrons. The first kappa shape index (κ1) is 16.3. The molecule has 1 aliphatic rings. The number of aromatic nitrogens is 5. The Hall–Kier alpha value is -3.14. The van der Waals surface area contributed by atoms with Gasteiger partial charge in [0.2, 0.25) is 0 Å². The van der Waals surface area contributed by atoms with Crippen LogP contribution in [0, 0.1) is 0 Å². The predicted octanol–water partition coefficient (Wildman–Crippen LogP) is 0.596. The van der Waals surface area contributed by atoms with Gasteiger partial charge in [0, 0.05) is 25.2 Å². The maximum Gasteiger partial charge on any atom is 0.256 e. The molecule has 1 fully saturated rings. The van der Waals surface area contributed by atoms with Crippen LogP contribution in [-0.4, -0.2) is 55.1 Å². The highest BCUT2D eigenvalue weighted by atomic mass is 16.3. The number of aliphatic hydroxyl groups excluding tert-OH is 1. The van der Waals surface area contributed by atoms with Crippen molar-refractivity contribution in [1.82, 2.24) is 29.7 Å². The predicted molar refractivity (Wildman–Crippen MR) is 95.6 cm³/mol. The quantitative estimate of drug-likeness (QED) is 0.489. The van der Waals surface area contributed by atoms with E-state index in [0.717, 1.165) is 12.8 Å². The first-order valence-corrected chi connectivity index (χ1v) is 8.46. The molecule has 4 N–H and O–H groups in total. The van der Waals surface area contributed by atoms with Gasteiger partial charge in [-0.1, -0.05) is 0 Å².